The van der Waals surface area contributed by atoms with E-state index >= 15 is 0 Å². The number of aryl methyl sites for hydroxylation is 1. The average molecular weight is 351 g/mol. The summed E-state index contributed by atoms with van der Waals surface area (Å²) in [5, 5.41) is 2.65. The summed E-state index contributed by atoms with van der Waals surface area (Å²) in [6, 6.07) is 11.7. The van der Waals surface area contributed by atoms with Crippen molar-refractivity contribution in [2.24, 2.45) is 0 Å². The topological polar surface area (TPSA) is 54.3 Å². The number of aromatic nitrogens is 1. The molecule has 126 valence electrons. The van der Waals surface area contributed by atoms with Crippen LogP contribution in [0.4, 0.5) is 0 Å². The first-order valence-corrected chi connectivity index (χ1v) is 8.16. The van der Waals surface area contributed by atoms with Crippen molar-refractivity contribution in [3.63, 3.8) is 0 Å². The molecular weight excluding hydrogens is 334 g/mol. The van der Waals surface area contributed by atoms with Gasteiger partial charge in [-0.3, -0.25) is 19.8 Å². The molecule has 0 aliphatic carbocycles. The lowest BCUT2D eigenvalue weighted by molar-refractivity contribution is -0.128. The molecule has 1 aromatic heterocycles. The maximum absolute atomic E-state index is 12.6. The minimum Gasteiger partial charge on any atom is -0.317 e. The lowest BCUT2D eigenvalue weighted by Gasteiger charge is -2.27. The number of thiocarbonyl (C=S) groups is 1. The smallest absolute Gasteiger partial charge is 0.266 e. The SMILES string of the molecule is C=CCN1C(=O)/C(=C\c2cccn2-c2cccc(C)c2)C(=O)NC1=S. The largest absolute Gasteiger partial charge is 0.317 e. The molecule has 2 amide bonds. The van der Waals surface area contributed by atoms with Gasteiger partial charge in [0.15, 0.2) is 5.11 Å². The predicted octanol–water partition coefficient (Wildman–Crippen LogP) is 2.60. The van der Waals surface area contributed by atoms with E-state index in [1.807, 2.05) is 54.1 Å². The predicted molar refractivity (Wildman–Crippen MR) is 101 cm³/mol. The summed E-state index contributed by atoms with van der Waals surface area (Å²) in [4.78, 5) is 26.2. The van der Waals surface area contributed by atoms with Gasteiger partial charge in [0, 0.05) is 24.1 Å². The van der Waals surface area contributed by atoms with Crippen LogP contribution in [-0.4, -0.2) is 32.9 Å². The molecule has 2 heterocycles. The number of amides is 2. The summed E-state index contributed by atoms with van der Waals surface area (Å²) >= 11 is 5.06. The van der Waals surface area contributed by atoms with E-state index in [9.17, 15) is 9.59 Å². The lowest BCUT2D eigenvalue weighted by atomic mass is 10.1. The van der Waals surface area contributed by atoms with Crippen molar-refractivity contribution >= 4 is 35.2 Å². The quantitative estimate of drug-likeness (QED) is 0.399. The maximum Gasteiger partial charge on any atom is 0.266 e. The van der Waals surface area contributed by atoms with Crippen LogP contribution < -0.4 is 5.32 Å². The molecule has 0 atom stereocenters. The van der Waals surface area contributed by atoms with E-state index in [1.165, 1.54) is 4.90 Å². The number of carbonyl (C=O) groups excluding carboxylic acids is 2. The third-order valence-electron chi connectivity index (χ3n) is 3.85. The van der Waals surface area contributed by atoms with E-state index in [1.54, 1.807) is 12.2 Å². The third-order valence-corrected chi connectivity index (χ3v) is 4.17. The fourth-order valence-electron chi connectivity index (χ4n) is 2.66. The van der Waals surface area contributed by atoms with Crippen molar-refractivity contribution in [1.29, 1.82) is 0 Å². The molecule has 5 nitrogen and oxygen atoms in total. The van der Waals surface area contributed by atoms with Gasteiger partial charge in [0.1, 0.15) is 5.57 Å². The Balaban J connectivity index is 2.02. The second kappa shape index (κ2) is 6.86. The highest BCUT2D eigenvalue weighted by Gasteiger charge is 2.32. The molecular formula is C19H17N3O2S. The molecule has 1 fully saturated rings. The normalized spacial score (nSPS) is 16.3. The molecule has 0 spiro atoms. The summed E-state index contributed by atoms with van der Waals surface area (Å²) in [5.41, 5.74) is 2.86. The van der Waals surface area contributed by atoms with Crippen molar-refractivity contribution in [2.45, 2.75) is 6.92 Å². The van der Waals surface area contributed by atoms with E-state index in [0.717, 1.165) is 16.9 Å². The summed E-state index contributed by atoms with van der Waals surface area (Å²) in [5.74, 6) is -0.919. The molecule has 0 radical (unpaired) electrons. The highest BCUT2D eigenvalue weighted by atomic mass is 32.1. The summed E-state index contributed by atoms with van der Waals surface area (Å²) in [7, 11) is 0. The molecule has 25 heavy (non-hydrogen) atoms. The first kappa shape index (κ1) is 16.9. The van der Waals surface area contributed by atoms with Gasteiger partial charge in [-0.1, -0.05) is 18.2 Å². The Kier molecular flexibility index (Phi) is 4.63. The Hall–Kier alpha value is -2.99. The van der Waals surface area contributed by atoms with Crippen LogP contribution in [0.3, 0.4) is 0 Å². The van der Waals surface area contributed by atoms with E-state index in [-0.39, 0.29) is 17.2 Å². The molecule has 1 aliphatic heterocycles. The van der Waals surface area contributed by atoms with Crippen LogP contribution >= 0.6 is 12.2 Å². The van der Waals surface area contributed by atoms with Crippen LogP contribution in [0.5, 0.6) is 0 Å². The monoisotopic (exact) mass is 351 g/mol. The number of hydrogen-bond acceptors (Lipinski definition) is 3. The Labute approximate surface area is 151 Å². The zero-order valence-electron chi connectivity index (χ0n) is 13.7. The van der Waals surface area contributed by atoms with E-state index < -0.39 is 11.8 Å². The molecule has 1 aromatic carbocycles. The summed E-state index contributed by atoms with van der Waals surface area (Å²) in [6.07, 6.45) is 5.03. The van der Waals surface area contributed by atoms with Crippen molar-refractivity contribution < 1.29 is 9.59 Å². The van der Waals surface area contributed by atoms with Gasteiger partial charge in [-0.2, -0.15) is 0 Å². The zero-order chi connectivity index (χ0) is 18.0. The third kappa shape index (κ3) is 3.29. The van der Waals surface area contributed by atoms with Gasteiger partial charge < -0.3 is 4.57 Å². The van der Waals surface area contributed by atoms with Crippen LogP contribution in [0.2, 0.25) is 0 Å². The maximum atomic E-state index is 12.6. The number of nitrogens with one attached hydrogen (secondary N) is 1. The molecule has 3 rings (SSSR count). The molecule has 0 unspecified atom stereocenters. The van der Waals surface area contributed by atoms with E-state index in [2.05, 4.69) is 11.9 Å². The van der Waals surface area contributed by atoms with Crippen molar-refractivity contribution in [3.8, 4) is 5.69 Å². The Bertz CT molecular complexity index is 911. The number of carbonyl (C=O) groups is 2. The van der Waals surface area contributed by atoms with Gasteiger partial charge in [0.05, 0.1) is 0 Å². The fraction of sp³-hybridized carbons (Fsp3) is 0.105. The Morgan fingerprint density at radius 1 is 1.24 bits per heavy atom. The fourth-order valence-corrected chi connectivity index (χ4v) is 2.91. The van der Waals surface area contributed by atoms with Crippen LogP contribution in [0.1, 0.15) is 11.3 Å². The molecule has 1 N–H and O–H groups in total. The van der Waals surface area contributed by atoms with Gasteiger partial charge in [-0.05, 0) is 55.0 Å². The lowest BCUT2D eigenvalue weighted by Crippen LogP contribution is -2.53. The Morgan fingerprint density at radius 3 is 2.76 bits per heavy atom. The Morgan fingerprint density at radius 2 is 2.04 bits per heavy atom. The summed E-state index contributed by atoms with van der Waals surface area (Å²) < 4.78 is 1.92. The number of hydrogen-bond donors (Lipinski definition) is 1. The van der Waals surface area contributed by atoms with Crippen LogP contribution in [-0.2, 0) is 9.59 Å². The van der Waals surface area contributed by atoms with Gasteiger partial charge in [0.2, 0.25) is 0 Å². The van der Waals surface area contributed by atoms with Gasteiger partial charge in [-0.25, -0.2) is 0 Å². The molecule has 6 heteroatoms. The van der Waals surface area contributed by atoms with Gasteiger partial charge >= 0.3 is 0 Å². The minimum atomic E-state index is -0.493. The van der Waals surface area contributed by atoms with Crippen molar-refractivity contribution in [1.82, 2.24) is 14.8 Å². The average Bonchev–Trinajstić information content (AvgIpc) is 3.03. The number of benzene rings is 1. The zero-order valence-corrected chi connectivity index (χ0v) is 14.5. The first-order chi connectivity index (χ1) is 12.0. The second-order valence-corrected chi connectivity index (χ2v) is 6.05. The van der Waals surface area contributed by atoms with Gasteiger partial charge in [0.25, 0.3) is 11.8 Å². The second-order valence-electron chi connectivity index (χ2n) is 5.66. The minimum absolute atomic E-state index is 0.0445. The van der Waals surface area contributed by atoms with Crippen LogP contribution in [0.25, 0.3) is 11.8 Å². The van der Waals surface area contributed by atoms with E-state index in [0.29, 0.717) is 0 Å². The highest BCUT2D eigenvalue weighted by Crippen LogP contribution is 2.19. The number of rotatable bonds is 4. The molecule has 0 saturated carbocycles. The molecule has 1 aliphatic rings. The standard InChI is InChI=1S/C19H17N3O2S/c1-3-9-22-18(24)16(17(23)20-19(22)25)12-15-8-5-10-21(15)14-7-4-6-13(2)11-14/h3-8,10-12H,1,9H2,2H3,(H,20,23,25)/b16-12-. The molecule has 0 bridgehead atoms. The first-order valence-electron chi connectivity index (χ1n) is 7.75. The van der Waals surface area contributed by atoms with Crippen LogP contribution in [0, 0.1) is 6.92 Å². The molecule has 1 saturated heterocycles. The highest BCUT2D eigenvalue weighted by molar-refractivity contribution is 7.80. The van der Waals surface area contributed by atoms with E-state index in [4.69, 9.17) is 12.2 Å². The van der Waals surface area contributed by atoms with Gasteiger partial charge in [-0.15, -0.1) is 6.58 Å². The van der Waals surface area contributed by atoms with Crippen molar-refractivity contribution in [2.75, 3.05) is 6.54 Å². The van der Waals surface area contributed by atoms with Crippen molar-refractivity contribution in [3.05, 3.63) is 72.1 Å². The molecule has 2 aromatic rings. The number of nitrogens with zero attached hydrogens (tertiary/aromatic N) is 2. The summed E-state index contributed by atoms with van der Waals surface area (Å²) in [6.45, 7) is 5.87. The van der Waals surface area contributed by atoms with Crippen LogP contribution in [0.15, 0.2) is 60.8 Å².